The normalized spacial score (nSPS) is 39.6. The van der Waals surface area contributed by atoms with Crippen molar-refractivity contribution in [1.82, 2.24) is 5.32 Å². The van der Waals surface area contributed by atoms with Gasteiger partial charge in [-0.25, -0.2) is 0 Å². The van der Waals surface area contributed by atoms with E-state index in [0.717, 1.165) is 45.1 Å². The van der Waals surface area contributed by atoms with Crippen molar-refractivity contribution in [2.24, 2.45) is 5.92 Å². The largest absolute Gasteiger partial charge is 0.376 e. The summed E-state index contributed by atoms with van der Waals surface area (Å²) in [6.07, 6.45) is 7.70. The van der Waals surface area contributed by atoms with Gasteiger partial charge in [-0.1, -0.05) is 0 Å². The van der Waals surface area contributed by atoms with E-state index in [1.807, 2.05) is 0 Å². The number of nitrogens with one attached hydrogen (secondary N) is 1. The number of ether oxygens (including phenoxy) is 3. The summed E-state index contributed by atoms with van der Waals surface area (Å²) in [6.45, 7) is 5.69. The van der Waals surface area contributed by atoms with Crippen molar-refractivity contribution in [2.45, 2.75) is 63.4 Å². The Morgan fingerprint density at radius 1 is 1.16 bits per heavy atom. The van der Waals surface area contributed by atoms with Crippen LogP contribution in [0.3, 0.4) is 0 Å². The fraction of sp³-hybridized carbons (Fsp3) is 1.00. The van der Waals surface area contributed by atoms with E-state index in [9.17, 15) is 0 Å². The molecule has 1 N–H and O–H groups in total. The van der Waals surface area contributed by atoms with Crippen LogP contribution in [0, 0.1) is 5.92 Å². The Kier molecular flexibility index (Phi) is 4.42. The molecule has 1 saturated carbocycles. The lowest BCUT2D eigenvalue weighted by molar-refractivity contribution is -0.161. The second-order valence-corrected chi connectivity index (χ2v) is 6.39. The molecular weight excluding hydrogens is 242 g/mol. The van der Waals surface area contributed by atoms with E-state index in [0.29, 0.717) is 6.10 Å². The molecule has 0 radical (unpaired) electrons. The molecule has 3 rings (SSSR count). The Morgan fingerprint density at radius 2 is 2.05 bits per heavy atom. The van der Waals surface area contributed by atoms with Crippen molar-refractivity contribution in [2.75, 3.05) is 26.4 Å². The molecule has 2 aliphatic heterocycles. The standard InChI is InChI=1S/C15H27NO3/c1-15(7-10-19-14(15)12-5-6-12)16-8-11-18-13-4-2-3-9-17-13/h12-14,16H,2-11H2,1H3/t13-,14-,15-/m0/s1. The third-order valence-electron chi connectivity index (χ3n) is 4.67. The van der Waals surface area contributed by atoms with Gasteiger partial charge in [0.15, 0.2) is 6.29 Å². The predicted octanol–water partition coefficient (Wildman–Crippen LogP) is 2.08. The van der Waals surface area contributed by atoms with Crippen LogP contribution in [-0.2, 0) is 14.2 Å². The first-order chi connectivity index (χ1) is 9.28. The summed E-state index contributed by atoms with van der Waals surface area (Å²) in [7, 11) is 0. The van der Waals surface area contributed by atoms with Crippen LogP contribution >= 0.6 is 0 Å². The van der Waals surface area contributed by atoms with Crippen LogP contribution in [0.2, 0.25) is 0 Å². The van der Waals surface area contributed by atoms with E-state index in [1.165, 1.54) is 25.7 Å². The van der Waals surface area contributed by atoms with Gasteiger partial charge in [-0.2, -0.15) is 0 Å². The van der Waals surface area contributed by atoms with Crippen molar-refractivity contribution in [3.8, 4) is 0 Å². The minimum atomic E-state index is 0.0300. The smallest absolute Gasteiger partial charge is 0.157 e. The molecule has 0 aromatic carbocycles. The molecule has 0 unspecified atom stereocenters. The van der Waals surface area contributed by atoms with Crippen LogP contribution in [0.5, 0.6) is 0 Å². The highest BCUT2D eigenvalue weighted by molar-refractivity contribution is 5.02. The van der Waals surface area contributed by atoms with Crippen LogP contribution in [-0.4, -0.2) is 44.3 Å². The van der Waals surface area contributed by atoms with Crippen molar-refractivity contribution >= 4 is 0 Å². The molecule has 3 atom stereocenters. The number of hydrogen-bond acceptors (Lipinski definition) is 4. The molecule has 0 aromatic heterocycles. The predicted molar refractivity (Wildman–Crippen MR) is 73.0 cm³/mol. The summed E-state index contributed by atoms with van der Waals surface area (Å²) in [6, 6.07) is 0. The molecule has 19 heavy (non-hydrogen) atoms. The van der Waals surface area contributed by atoms with Gasteiger partial charge >= 0.3 is 0 Å². The van der Waals surface area contributed by atoms with E-state index in [4.69, 9.17) is 14.2 Å². The zero-order valence-electron chi connectivity index (χ0n) is 12.0. The fourth-order valence-corrected chi connectivity index (χ4v) is 3.34. The van der Waals surface area contributed by atoms with E-state index in [-0.39, 0.29) is 11.8 Å². The SMILES string of the molecule is C[C@]1(NCCO[C@H]2CCCCO2)CCO[C@H]1C1CC1. The van der Waals surface area contributed by atoms with Crippen molar-refractivity contribution in [1.29, 1.82) is 0 Å². The maximum absolute atomic E-state index is 5.91. The highest BCUT2D eigenvalue weighted by atomic mass is 16.7. The molecule has 3 fully saturated rings. The van der Waals surface area contributed by atoms with Crippen LogP contribution < -0.4 is 5.32 Å². The van der Waals surface area contributed by atoms with Crippen LogP contribution in [0.15, 0.2) is 0 Å². The second-order valence-electron chi connectivity index (χ2n) is 6.39. The lowest BCUT2D eigenvalue weighted by atomic mass is 9.90. The zero-order valence-corrected chi connectivity index (χ0v) is 12.0. The molecular formula is C15H27NO3. The third-order valence-corrected chi connectivity index (χ3v) is 4.67. The molecule has 4 heteroatoms. The average molecular weight is 269 g/mol. The van der Waals surface area contributed by atoms with Gasteiger partial charge in [0, 0.05) is 25.3 Å². The second kappa shape index (κ2) is 6.08. The van der Waals surface area contributed by atoms with Crippen molar-refractivity contribution in [3.63, 3.8) is 0 Å². The van der Waals surface area contributed by atoms with Gasteiger partial charge in [0.05, 0.1) is 12.7 Å². The molecule has 1 aliphatic carbocycles. The summed E-state index contributed by atoms with van der Waals surface area (Å²) >= 11 is 0. The maximum atomic E-state index is 5.91. The molecule has 0 aromatic rings. The first-order valence-corrected chi connectivity index (χ1v) is 7.88. The van der Waals surface area contributed by atoms with Gasteiger partial charge in [-0.05, 0) is 51.4 Å². The maximum Gasteiger partial charge on any atom is 0.157 e. The Hall–Kier alpha value is -0.160. The van der Waals surface area contributed by atoms with E-state index >= 15 is 0 Å². The average Bonchev–Trinajstić information content (AvgIpc) is 3.20. The molecule has 2 heterocycles. The van der Waals surface area contributed by atoms with Gasteiger partial charge in [0.25, 0.3) is 0 Å². The van der Waals surface area contributed by atoms with Crippen molar-refractivity contribution < 1.29 is 14.2 Å². The summed E-state index contributed by atoms with van der Waals surface area (Å²) < 4.78 is 17.3. The van der Waals surface area contributed by atoms with Crippen LogP contribution in [0.4, 0.5) is 0 Å². The summed E-state index contributed by atoms with van der Waals surface area (Å²) in [5, 5.41) is 3.66. The fourth-order valence-electron chi connectivity index (χ4n) is 3.34. The van der Waals surface area contributed by atoms with Crippen LogP contribution in [0.1, 0.15) is 45.4 Å². The minimum Gasteiger partial charge on any atom is -0.376 e. The molecule has 0 spiro atoms. The van der Waals surface area contributed by atoms with Gasteiger partial charge in [-0.3, -0.25) is 0 Å². The Labute approximate surface area is 116 Å². The molecule has 0 amide bonds. The van der Waals surface area contributed by atoms with Gasteiger partial charge < -0.3 is 19.5 Å². The Balaban J connectivity index is 1.36. The number of rotatable bonds is 6. The van der Waals surface area contributed by atoms with E-state index < -0.39 is 0 Å². The number of hydrogen-bond donors (Lipinski definition) is 1. The Bertz CT molecular complexity index is 289. The highest BCUT2D eigenvalue weighted by Crippen LogP contribution is 2.43. The third kappa shape index (κ3) is 3.48. The van der Waals surface area contributed by atoms with E-state index in [1.54, 1.807) is 0 Å². The van der Waals surface area contributed by atoms with Crippen molar-refractivity contribution in [3.05, 3.63) is 0 Å². The summed E-state index contributed by atoms with van der Waals surface area (Å²) in [5.41, 5.74) is 0.151. The molecule has 4 nitrogen and oxygen atoms in total. The monoisotopic (exact) mass is 269 g/mol. The van der Waals surface area contributed by atoms with Gasteiger partial charge in [-0.15, -0.1) is 0 Å². The van der Waals surface area contributed by atoms with Gasteiger partial charge in [0.1, 0.15) is 0 Å². The minimum absolute atomic E-state index is 0.0300. The van der Waals surface area contributed by atoms with E-state index in [2.05, 4.69) is 12.2 Å². The topological polar surface area (TPSA) is 39.7 Å². The first kappa shape index (κ1) is 13.8. The molecule has 110 valence electrons. The zero-order chi connectivity index (χ0) is 13.1. The summed E-state index contributed by atoms with van der Waals surface area (Å²) in [4.78, 5) is 0. The highest BCUT2D eigenvalue weighted by Gasteiger charge is 2.47. The van der Waals surface area contributed by atoms with Gasteiger partial charge in [0.2, 0.25) is 0 Å². The first-order valence-electron chi connectivity index (χ1n) is 7.88. The lowest BCUT2D eigenvalue weighted by Gasteiger charge is -2.32. The summed E-state index contributed by atoms with van der Waals surface area (Å²) in [5.74, 6) is 0.794. The van der Waals surface area contributed by atoms with Crippen LogP contribution in [0.25, 0.3) is 0 Å². The lowest BCUT2D eigenvalue weighted by Crippen LogP contribution is -2.51. The molecule has 0 bridgehead atoms. The Morgan fingerprint density at radius 3 is 2.79 bits per heavy atom. The molecule has 2 saturated heterocycles. The quantitative estimate of drug-likeness (QED) is 0.749. The molecule has 3 aliphatic rings.